The molecule has 0 atom stereocenters. The van der Waals surface area contributed by atoms with Crippen LogP contribution in [-0.4, -0.2) is 31.1 Å². The van der Waals surface area contributed by atoms with Gasteiger partial charge in [-0.05, 0) is 20.3 Å². The third-order valence-electron chi connectivity index (χ3n) is 2.04. The van der Waals surface area contributed by atoms with Crippen molar-refractivity contribution in [2.24, 2.45) is 0 Å². The monoisotopic (exact) mass is 220 g/mol. The zero-order valence-electron chi connectivity index (χ0n) is 9.72. The number of hydrogen-bond donors (Lipinski definition) is 1. The lowest BCUT2D eigenvalue weighted by atomic mass is 10.2. The predicted octanol–water partition coefficient (Wildman–Crippen LogP) is -1.53. The van der Waals surface area contributed by atoms with Crippen molar-refractivity contribution in [2.75, 3.05) is 20.6 Å². The van der Waals surface area contributed by atoms with Crippen molar-refractivity contribution in [2.45, 2.75) is 27.2 Å². The lowest BCUT2D eigenvalue weighted by molar-refractivity contribution is -0.858. The largest absolute Gasteiger partial charge is 1.00 e. The second-order valence-corrected chi connectivity index (χ2v) is 3.64. The second kappa shape index (κ2) is 6.98. The Kier molecular flexibility index (Phi) is 8.01. The molecule has 0 saturated heterocycles. The zero-order valence-corrected chi connectivity index (χ0v) is 10.5. The van der Waals surface area contributed by atoms with Gasteiger partial charge in [0.1, 0.15) is 0 Å². The predicted molar refractivity (Wildman–Crippen MR) is 54.8 cm³/mol. The molecule has 0 aromatic rings. The minimum atomic E-state index is 0. The maximum Gasteiger partial charge on any atom is 0.359 e. The summed E-state index contributed by atoms with van der Waals surface area (Å²) >= 11 is 0. The minimum Gasteiger partial charge on any atom is -1.00 e. The van der Waals surface area contributed by atoms with E-state index in [1.165, 1.54) is 0 Å². The quantitative estimate of drug-likeness (QED) is 0.354. The number of allylic oxidation sites excluding steroid dienone is 1. The Bertz CT molecular complexity index is 212. The average molecular weight is 221 g/mol. The van der Waals surface area contributed by atoms with E-state index in [-0.39, 0.29) is 22.9 Å². The number of carbonyl (C=O) groups is 1. The Morgan fingerprint density at radius 3 is 2.29 bits per heavy atom. The number of carbonyl (C=O) groups excluding carboxylic acids is 1. The van der Waals surface area contributed by atoms with Crippen LogP contribution in [0.2, 0.25) is 0 Å². The Morgan fingerprint density at radius 1 is 1.43 bits per heavy atom. The molecule has 0 aliphatic carbocycles. The first kappa shape index (κ1) is 16.1. The van der Waals surface area contributed by atoms with E-state index >= 15 is 0 Å². The first-order valence-corrected chi connectivity index (χ1v) is 4.72. The third-order valence-corrected chi connectivity index (χ3v) is 2.04. The second-order valence-electron chi connectivity index (χ2n) is 3.64. The van der Waals surface area contributed by atoms with Crippen LogP contribution in [0, 0.1) is 0 Å². The van der Waals surface area contributed by atoms with E-state index in [1.54, 1.807) is 0 Å². The molecular formula is C10H21ClN2O. The Hall–Kier alpha value is -0.380. The summed E-state index contributed by atoms with van der Waals surface area (Å²) in [6.07, 6.45) is 2.87. The number of likely N-dealkylation sites (N-methyl/N-ethyl adjacent to an activating group) is 1. The molecule has 3 nitrogen and oxygen atoms in total. The molecule has 1 amide bonds. The highest BCUT2D eigenvalue weighted by atomic mass is 35.5. The summed E-state index contributed by atoms with van der Waals surface area (Å²) in [6, 6.07) is 0. The molecule has 4 heteroatoms. The van der Waals surface area contributed by atoms with E-state index in [2.05, 4.69) is 12.3 Å². The van der Waals surface area contributed by atoms with Crippen LogP contribution in [0.4, 0.5) is 0 Å². The Morgan fingerprint density at radius 2 is 1.93 bits per heavy atom. The summed E-state index contributed by atoms with van der Waals surface area (Å²) in [4.78, 5) is 11.7. The number of quaternary nitrogens is 1. The number of nitrogens with one attached hydrogen (secondary N) is 1. The lowest BCUT2D eigenvalue weighted by Gasteiger charge is -2.26. The highest BCUT2D eigenvalue weighted by molar-refractivity contribution is 5.86. The molecule has 0 heterocycles. The fourth-order valence-corrected chi connectivity index (χ4v) is 1.03. The van der Waals surface area contributed by atoms with Gasteiger partial charge in [0.05, 0.1) is 19.7 Å². The van der Waals surface area contributed by atoms with E-state index in [9.17, 15) is 4.79 Å². The van der Waals surface area contributed by atoms with Gasteiger partial charge in [-0.1, -0.05) is 13.0 Å². The molecule has 0 aliphatic rings. The summed E-state index contributed by atoms with van der Waals surface area (Å²) in [6.45, 7) is 6.67. The molecular weight excluding hydrogens is 200 g/mol. The molecule has 0 aromatic carbocycles. The highest BCUT2D eigenvalue weighted by Crippen LogP contribution is 2.03. The maximum atomic E-state index is 11.7. The Labute approximate surface area is 93.1 Å². The number of rotatable bonds is 4. The molecule has 14 heavy (non-hydrogen) atoms. The van der Waals surface area contributed by atoms with Crippen molar-refractivity contribution in [3.8, 4) is 0 Å². The van der Waals surface area contributed by atoms with Crippen LogP contribution in [0.25, 0.3) is 0 Å². The van der Waals surface area contributed by atoms with Crippen molar-refractivity contribution in [1.29, 1.82) is 0 Å². The molecule has 0 radical (unpaired) electrons. The molecule has 1 N–H and O–H groups in total. The fourth-order valence-electron chi connectivity index (χ4n) is 1.03. The van der Waals surface area contributed by atoms with Gasteiger partial charge in [-0.3, -0.25) is 0 Å². The van der Waals surface area contributed by atoms with Crippen LogP contribution in [-0.2, 0) is 4.79 Å². The van der Waals surface area contributed by atoms with Gasteiger partial charge in [-0.2, -0.15) is 10.0 Å². The van der Waals surface area contributed by atoms with E-state index in [0.717, 1.165) is 18.5 Å². The molecule has 0 fully saturated rings. The fraction of sp³-hybridized carbons (Fsp3) is 0.700. The standard InChI is InChI=1S/C10H21N2O.ClH/c1-6-8-11-12(4,5)10(13)9(3)7-2;/h7,11H,6,8H2,1-5H3;1H/q+1;/p-1. The summed E-state index contributed by atoms with van der Waals surface area (Å²) in [5, 5.41) is 0. The third kappa shape index (κ3) is 4.74. The maximum absolute atomic E-state index is 11.7. The summed E-state index contributed by atoms with van der Waals surface area (Å²) < 4.78 is 0.226. The molecule has 0 spiro atoms. The van der Waals surface area contributed by atoms with Gasteiger partial charge in [0.25, 0.3) is 0 Å². The van der Waals surface area contributed by atoms with Crippen molar-refractivity contribution in [1.82, 2.24) is 5.43 Å². The first-order chi connectivity index (χ1) is 5.95. The lowest BCUT2D eigenvalue weighted by Crippen LogP contribution is -3.00. The van der Waals surface area contributed by atoms with Gasteiger partial charge in [-0.25, -0.2) is 4.79 Å². The molecule has 0 rings (SSSR count). The molecule has 0 aliphatic heterocycles. The van der Waals surface area contributed by atoms with Crippen molar-refractivity contribution in [3.63, 3.8) is 0 Å². The van der Waals surface area contributed by atoms with Crippen molar-refractivity contribution < 1.29 is 21.8 Å². The number of amides is 1. The number of hydrogen-bond acceptors (Lipinski definition) is 2. The Balaban J connectivity index is 0. The number of nitrogens with zero attached hydrogens (tertiary/aromatic N) is 1. The van der Waals surface area contributed by atoms with Crippen LogP contribution >= 0.6 is 0 Å². The highest BCUT2D eigenvalue weighted by Gasteiger charge is 2.26. The van der Waals surface area contributed by atoms with Gasteiger partial charge in [0.2, 0.25) is 0 Å². The molecule has 0 bridgehead atoms. The normalized spacial score (nSPS) is 12.2. The van der Waals surface area contributed by atoms with Gasteiger partial charge in [-0.15, -0.1) is 0 Å². The van der Waals surface area contributed by atoms with Gasteiger partial charge < -0.3 is 12.4 Å². The van der Waals surface area contributed by atoms with Crippen LogP contribution in [0.3, 0.4) is 0 Å². The van der Waals surface area contributed by atoms with Crippen LogP contribution in [0.15, 0.2) is 11.6 Å². The van der Waals surface area contributed by atoms with Crippen LogP contribution in [0.5, 0.6) is 0 Å². The van der Waals surface area contributed by atoms with E-state index < -0.39 is 0 Å². The topological polar surface area (TPSA) is 29.1 Å². The number of halogens is 1. The molecule has 0 aromatic heterocycles. The van der Waals surface area contributed by atoms with Gasteiger partial charge in [0, 0.05) is 6.54 Å². The smallest absolute Gasteiger partial charge is 0.359 e. The summed E-state index contributed by atoms with van der Waals surface area (Å²) in [7, 11) is 3.73. The van der Waals surface area contributed by atoms with Crippen LogP contribution in [0.1, 0.15) is 27.2 Å². The van der Waals surface area contributed by atoms with Gasteiger partial charge >= 0.3 is 5.91 Å². The summed E-state index contributed by atoms with van der Waals surface area (Å²) in [5.74, 6) is 0.121. The SMILES string of the molecule is CC=C(C)C(=O)[N+](C)(C)NCCC.[Cl-]. The molecule has 84 valence electrons. The van der Waals surface area contributed by atoms with Crippen molar-refractivity contribution in [3.05, 3.63) is 11.6 Å². The minimum absolute atomic E-state index is 0. The first-order valence-electron chi connectivity index (χ1n) is 4.72. The van der Waals surface area contributed by atoms with Crippen LogP contribution < -0.4 is 17.8 Å². The van der Waals surface area contributed by atoms with Crippen molar-refractivity contribution >= 4 is 5.91 Å². The zero-order chi connectivity index (χ0) is 10.5. The molecule has 0 unspecified atom stereocenters. The van der Waals surface area contributed by atoms with E-state index in [4.69, 9.17) is 0 Å². The van der Waals surface area contributed by atoms with E-state index in [0.29, 0.717) is 0 Å². The van der Waals surface area contributed by atoms with E-state index in [1.807, 2.05) is 34.0 Å². The van der Waals surface area contributed by atoms with Gasteiger partial charge in [0.15, 0.2) is 0 Å². The average Bonchev–Trinajstić information content (AvgIpc) is 2.12. The summed E-state index contributed by atoms with van der Waals surface area (Å²) in [5.41, 5.74) is 3.97. The molecule has 0 saturated carbocycles.